The van der Waals surface area contributed by atoms with Crippen LogP contribution in [0.25, 0.3) is 0 Å². The van der Waals surface area contributed by atoms with Crippen LogP contribution in [-0.4, -0.2) is 34.2 Å². The van der Waals surface area contributed by atoms with Gasteiger partial charge in [-0.05, 0) is 19.1 Å². The molecule has 1 amide bonds. The molecule has 0 fully saturated rings. The van der Waals surface area contributed by atoms with Crippen LogP contribution in [0.3, 0.4) is 0 Å². The molecule has 0 bridgehead atoms. The summed E-state index contributed by atoms with van der Waals surface area (Å²) in [4.78, 5) is 22.5. The minimum atomic E-state index is -1.59. The minimum Gasteiger partial charge on any atom is -0.480 e. The second-order valence-electron chi connectivity index (χ2n) is 3.78. The summed E-state index contributed by atoms with van der Waals surface area (Å²) in [7, 11) is 0. The summed E-state index contributed by atoms with van der Waals surface area (Å²) in [5, 5.41) is 19.5. The number of hydrogen-bond acceptors (Lipinski definition) is 3. The normalized spacial score (nSPS) is 13.7. The molecule has 1 aromatic carbocycles. The zero-order chi connectivity index (χ0) is 14.7. The lowest BCUT2D eigenvalue weighted by atomic mass is 10.1. The SMILES string of the molecule is CC(O)C(NC(=O)c1cc(F)c(F)cc1Cl)C(=O)O. The van der Waals surface area contributed by atoms with Crippen LogP contribution in [0, 0.1) is 11.6 Å². The van der Waals surface area contributed by atoms with Crippen molar-refractivity contribution in [2.75, 3.05) is 0 Å². The molecule has 3 N–H and O–H groups in total. The molecule has 0 saturated heterocycles. The molecular formula is C11H10ClF2NO4. The Hall–Kier alpha value is -1.73. The number of halogens is 3. The van der Waals surface area contributed by atoms with Crippen molar-refractivity contribution in [3.63, 3.8) is 0 Å². The van der Waals surface area contributed by atoms with Crippen molar-refractivity contribution in [2.24, 2.45) is 0 Å². The lowest BCUT2D eigenvalue weighted by Gasteiger charge is -2.17. The average Bonchev–Trinajstić information content (AvgIpc) is 2.29. The highest BCUT2D eigenvalue weighted by Crippen LogP contribution is 2.20. The van der Waals surface area contributed by atoms with Crippen molar-refractivity contribution in [2.45, 2.75) is 19.1 Å². The maximum absolute atomic E-state index is 13.0. The van der Waals surface area contributed by atoms with Gasteiger partial charge in [-0.3, -0.25) is 4.79 Å². The van der Waals surface area contributed by atoms with Crippen molar-refractivity contribution in [3.8, 4) is 0 Å². The monoisotopic (exact) mass is 293 g/mol. The molecule has 5 nitrogen and oxygen atoms in total. The lowest BCUT2D eigenvalue weighted by molar-refractivity contribution is -0.141. The van der Waals surface area contributed by atoms with Gasteiger partial charge >= 0.3 is 5.97 Å². The maximum atomic E-state index is 13.0. The Balaban J connectivity index is 3.01. The van der Waals surface area contributed by atoms with Crippen molar-refractivity contribution in [3.05, 3.63) is 34.4 Å². The van der Waals surface area contributed by atoms with Gasteiger partial charge in [-0.2, -0.15) is 0 Å². The maximum Gasteiger partial charge on any atom is 0.328 e. The summed E-state index contributed by atoms with van der Waals surface area (Å²) in [6.07, 6.45) is -1.37. The highest BCUT2D eigenvalue weighted by atomic mass is 35.5. The molecule has 0 aromatic heterocycles. The highest BCUT2D eigenvalue weighted by Gasteiger charge is 2.26. The number of nitrogens with one attached hydrogen (secondary N) is 1. The van der Waals surface area contributed by atoms with Crippen LogP contribution in [0.1, 0.15) is 17.3 Å². The second kappa shape index (κ2) is 5.94. The first-order chi connectivity index (χ1) is 8.73. The summed E-state index contributed by atoms with van der Waals surface area (Å²) >= 11 is 5.56. The van der Waals surface area contributed by atoms with Gasteiger partial charge in [0.15, 0.2) is 17.7 Å². The average molecular weight is 294 g/mol. The van der Waals surface area contributed by atoms with Crippen LogP contribution in [0.5, 0.6) is 0 Å². The molecule has 0 aliphatic heterocycles. The Morgan fingerprint density at radius 2 is 1.84 bits per heavy atom. The van der Waals surface area contributed by atoms with E-state index in [0.29, 0.717) is 12.1 Å². The molecule has 0 heterocycles. The van der Waals surface area contributed by atoms with E-state index in [1.165, 1.54) is 0 Å². The largest absolute Gasteiger partial charge is 0.480 e. The number of amides is 1. The fraction of sp³-hybridized carbons (Fsp3) is 0.273. The molecule has 19 heavy (non-hydrogen) atoms. The number of carboxylic acids is 1. The number of hydrogen-bond donors (Lipinski definition) is 3. The van der Waals surface area contributed by atoms with Crippen molar-refractivity contribution in [1.82, 2.24) is 5.32 Å². The van der Waals surface area contributed by atoms with Crippen molar-refractivity contribution in [1.29, 1.82) is 0 Å². The summed E-state index contributed by atoms with van der Waals surface area (Å²) < 4.78 is 25.8. The molecule has 0 aliphatic carbocycles. The molecular weight excluding hydrogens is 284 g/mol. The van der Waals surface area contributed by atoms with Gasteiger partial charge in [0.2, 0.25) is 0 Å². The van der Waals surface area contributed by atoms with E-state index in [1.54, 1.807) is 0 Å². The Morgan fingerprint density at radius 3 is 2.32 bits per heavy atom. The molecule has 1 aromatic rings. The number of benzene rings is 1. The van der Waals surface area contributed by atoms with E-state index < -0.39 is 41.2 Å². The predicted molar refractivity (Wildman–Crippen MR) is 61.9 cm³/mol. The van der Waals surface area contributed by atoms with Crippen LogP contribution in [0.2, 0.25) is 5.02 Å². The molecule has 104 valence electrons. The third-order valence-corrected chi connectivity index (χ3v) is 2.60. The smallest absolute Gasteiger partial charge is 0.328 e. The van der Waals surface area contributed by atoms with E-state index in [2.05, 4.69) is 0 Å². The number of aliphatic hydroxyl groups excluding tert-OH is 1. The van der Waals surface area contributed by atoms with E-state index >= 15 is 0 Å². The zero-order valence-electron chi connectivity index (χ0n) is 9.65. The van der Waals surface area contributed by atoms with Crippen LogP contribution in [-0.2, 0) is 4.79 Å². The van der Waals surface area contributed by atoms with Gasteiger partial charge in [0, 0.05) is 0 Å². The van der Waals surface area contributed by atoms with E-state index in [0.717, 1.165) is 6.92 Å². The topological polar surface area (TPSA) is 86.6 Å². The Bertz CT molecular complexity index is 522. The molecule has 0 aliphatic rings. The third kappa shape index (κ3) is 3.62. The molecule has 8 heteroatoms. The first kappa shape index (κ1) is 15.3. The Labute approximate surface area is 111 Å². The Morgan fingerprint density at radius 1 is 1.32 bits per heavy atom. The lowest BCUT2D eigenvalue weighted by Crippen LogP contribution is -2.47. The molecule has 2 unspecified atom stereocenters. The van der Waals surface area contributed by atoms with E-state index in [1.807, 2.05) is 5.32 Å². The molecule has 0 saturated carbocycles. The van der Waals surface area contributed by atoms with Crippen LogP contribution in [0.4, 0.5) is 8.78 Å². The van der Waals surface area contributed by atoms with Gasteiger partial charge in [0.05, 0.1) is 16.7 Å². The number of carbonyl (C=O) groups excluding carboxylic acids is 1. The number of rotatable bonds is 4. The van der Waals surface area contributed by atoms with Gasteiger partial charge in [-0.15, -0.1) is 0 Å². The van der Waals surface area contributed by atoms with Gasteiger partial charge in [0.1, 0.15) is 0 Å². The van der Waals surface area contributed by atoms with E-state index in [4.69, 9.17) is 16.7 Å². The van der Waals surface area contributed by atoms with E-state index in [-0.39, 0.29) is 5.02 Å². The summed E-state index contributed by atoms with van der Waals surface area (Å²) in [5.41, 5.74) is -0.424. The third-order valence-electron chi connectivity index (χ3n) is 2.29. The first-order valence-electron chi connectivity index (χ1n) is 5.10. The van der Waals surface area contributed by atoms with E-state index in [9.17, 15) is 23.5 Å². The fourth-order valence-electron chi connectivity index (χ4n) is 1.30. The number of carbonyl (C=O) groups is 2. The van der Waals surface area contributed by atoms with Gasteiger partial charge < -0.3 is 15.5 Å². The zero-order valence-corrected chi connectivity index (χ0v) is 10.4. The molecule has 0 radical (unpaired) electrons. The number of aliphatic carboxylic acids is 1. The summed E-state index contributed by atoms with van der Waals surface area (Å²) in [6.45, 7) is 1.16. The van der Waals surface area contributed by atoms with Crippen LogP contribution in [0.15, 0.2) is 12.1 Å². The predicted octanol–water partition coefficient (Wildman–Crippen LogP) is 1.18. The van der Waals surface area contributed by atoms with Crippen molar-refractivity contribution < 1.29 is 28.6 Å². The standard InChI is InChI=1S/C11H10ClF2NO4/c1-4(16)9(11(18)19)15-10(17)5-2-7(13)8(14)3-6(5)12/h2-4,9,16H,1H3,(H,15,17)(H,18,19). The first-order valence-corrected chi connectivity index (χ1v) is 5.48. The molecule has 1 rings (SSSR count). The van der Waals surface area contributed by atoms with Crippen LogP contribution < -0.4 is 5.32 Å². The number of aliphatic hydroxyl groups is 1. The highest BCUT2D eigenvalue weighted by molar-refractivity contribution is 6.33. The second-order valence-corrected chi connectivity index (χ2v) is 4.18. The summed E-state index contributed by atoms with van der Waals surface area (Å²) in [6, 6.07) is -0.436. The van der Waals surface area contributed by atoms with Gasteiger partial charge in [-0.25, -0.2) is 13.6 Å². The van der Waals surface area contributed by atoms with Gasteiger partial charge in [0.25, 0.3) is 5.91 Å². The quantitative estimate of drug-likeness (QED) is 0.728. The molecule has 2 atom stereocenters. The Kier molecular flexibility index (Phi) is 4.79. The molecule has 0 spiro atoms. The fourth-order valence-corrected chi connectivity index (χ4v) is 1.54. The van der Waals surface area contributed by atoms with Crippen molar-refractivity contribution >= 4 is 23.5 Å². The van der Waals surface area contributed by atoms with Crippen LogP contribution >= 0.6 is 11.6 Å². The van der Waals surface area contributed by atoms with Gasteiger partial charge in [-0.1, -0.05) is 11.6 Å². The minimum absolute atomic E-state index is 0.369. The number of carboxylic acid groups (broad SMARTS) is 1. The summed E-state index contributed by atoms with van der Waals surface area (Å²) in [5.74, 6) is -5.02.